The van der Waals surface area contributed by atoms with E-state index in [0.717, 1.165) is 4.88 Å². The molecule has 23 heavy (non-hydrogen) atoms. The van der Waals surface area contributed by atoms with E-state index in [1.165, 1.54) is 11.3 Å². The molecule has 0 aliphatic rings. The molecule has 5 nitrogen and oxygen atoms in total. The van der Waals surface area contributed by atoms with Gasteiger partial charge in [0.2, 0.25) is 5.91 Å². The number of benzene rings is 1. The summed E-state index contributed by atoms with van der Waals surface area (Å²) in [5.74, 6) is -0.952. The molecule has 0 radical (unpaired) electrons. The van der Waals surface area contributed by atoms with Gasteiger partial charge >= 0.3 is 0 Å². The van der Waals surface area contributed by atoms with E-state index in [2.05, 4.69) is 10.9 Å². The number of aryl methyl sites for hydroxylation is 1. The number of nitrogens with one attached hydrogen (secondary N) is 2. The zero-order valence-electron chi connectivity index (χ0n) is 12.4. The minimum absolute atomic E-state index is 0.0106. The van der Waals surface area contributed by atoms with Crippen molar-refractivity contribution < 1.29 is 14.4 Å². The van der Waals surface area contributed by atoms with Gasteiger partial charge in [0.25, 0.3) is 5.91 Å². The van der Waals surface area contributed by atoms with E-state index >= 15 is 0 Å². The Morgan fingerprint density at radius 3 is 2.30 bits per heavy atom. The van der Waals surface area contributed by atoms with Gasteiger partial charge in [-0.25, -0.2) is 0 Å². The quantitative estimate of drug-likeness (QED) is 0.642. The third-order valence-corrected chi connectivity index (χ3v) is 4.31. The number of hydrazine groups is 1. The number of amides is 2. The largest absolute Gasteiger partial charge is 0.293 e. The number of ketones is 1. The van der Waals surface area contributed by atoms with Crippen molar-refractivity contribution >= 4 is 40.5 Å². The van der Waals surface area contributed by atoms with Gasteiger partial charge in [-0.3, -0.25) is 25.2 Å². The molecule has 0 saturated carbocycles. The summed E-state index contributed by atoms with van der Waals surface area (Å²) >= 11 is 7.14. The summed E-state index contributed by atoms with van der Waals surface area (Å²) in [7, 11) is 0. The molecular formula is C16H15ClN2O3S. The Kier molecular flexibility index (Phi) is 5.90. The van der Waals surface area contributed by atoms with Crippen LogP contribution in [0.5, 0.6) is 0 Å². The Balaban J connectivity index is 1.75. The van der Waals surface area contributed by atoms with E-state index in [9.17, 15) is 14.4 Å². The van der Waals surface area contributed by atoms with Gasteiger partial charge in [-0.15, -0.1) is 11.3 Å². The molecule has 2 rings (SSSR count). The molecule has 0 aliphatic heterocycles. The fraction of sp³-hybridized carbons (Fsp3) is 0.188. The predicted octanol–water partition coefficient (Wildman–Crippen LogP) is 3.13. The topological polar surface area (TPSA) is 75.3 Å². The molecule has 1 aromatic carbocycles. The Hall–Kier alpha value is -2.18. The first kappa shape index (κ1) is 17.2. The summed E-state index contributed by atoms with van der Waals surface area (Å²) in [5.41, 5.74) is 4.96. The molecule has 1 aromatic heterocycles. The molecule has 0 fully saturated rings. The number of hydrogen-bond donors (Lipinski definition) is 2. The Labute approximate surface area is 142 Å². The van der Waals surface area contributed by atoms with Crippen molar-refractivity contribution in [3.05, 3.63) is 56.7 Å². The van der Waals surface area contributed by atoms with E-state index < -0.39 is 11.8 Å². The first-order valence-electron chi connectivity index (χ1n) is 6.90. The highest BCUT2D eigenvalue weighted by Gasteiger charge is 2.12. The van der Waals surface area contributed by atoms with E-state index in [1.54, 1.807) is 30.3 Å². The van der Waals surface area contributed by atoms with Crippen LogP contribution in [-0.2, 0) is 4.79 Å². The molecule has 0 saturated heterocycles. The number of carbonyl (C=O) groups is 3. The molecule has 1 heterocycles. The molecule has 120 valence electrons. The van der Waals surface area contributed by atoms with Crippen molar-refractivity contribution in [1.29, 1.82) is 0 Å². The van der Waals surface area contributed by atoms with Gasteiger partial charge in [0.15, 0.2) is 5.78 Å². The molecule has 2 aromatic rings. The molecule has 2 N–H and O–H groups in total. The number of rotatable bonds is 5. The van der Waals surface area contributed by atoms with Crippen LogP contribution in [0.2, 0.25) is 5.02 Å². The normalized spacial score (nSPS) is 10.2. The van der Waals surface area contributed by atoms with Gasteiger partial charge in [0.1, 0.15) is 0 Å². The molecule has 2 amide bonds. The predicted molar refractivity (Wildman–Crippen MR) is 89.7 cm³/mol. The molecule has 0 atom stereocenters. The lowest BCUT2D eigenvalue weighted by atomic mass is 10.2. The number of thiophene rings is 1. The van der Waals surface area contributed by atoms with Crippen molar-refractivity contribution in [2.24, 2.45) is 0 Å². The maximum absolute atomic E-state index is 11.9. The highest BCUT2D eigenvalue weighted by molar-refractivity contribution is 7.14. The third-order valence-electron chi connectivity index (χ3n) is 3.02. The first-order valence-corrected chi connectivity index (χ1v) is 8.09. The van der Waals surface area contributed by atoms with E-state index in [1.807, 2.05) is 13.0 Å². The monoisotopic (exact) mass is 350 g/mol. The van der Waals surface area contributed by atoms with Crippen molar-refractivity contribution in [3.8, 4) is 0 Å². The highest BCUT2D eigenvalue weighted by Crippen LogP contribution is 2.17. The summed E-state index contributed by atoms with van der Waals surface area (Å²) < 4.78 is 0. The standard InChI is InChI=1S/C16H15ClN2O3S/c1-10-2-8-14(23-10)13(20)7-9-15(21)18-19-16(22)11-3-5-12(17)6-4-11/h2-6,8H,7,9H2,1H3,(H,18,21)(H,19,22). The van der Waals surface area contributed by atoms with Crippen LogP contribution in [0.15, 0.2) is 36.4 Å². The minimum atomic E-state index is -0.449. The summed E-state index contributed by atoms with van der Waals surface area (Å²) in [6.07, 6.45) is 0.110. The van der Waals surface area contributed by atoms with E-state index in [-0.39, 0.29) is 18.6 Å². The summed E-state index contributed by atoms with van der Waals surface area (Å²) in [5, 5.41) is 0.521. The van der Waals surface area contributed by atoms with Crippen LogP contribution in [0.25, 0.3) is 0 Å². The average molecular weight is 351 g/mol. The van der Waals surface area contributed by atoms with Crippen LogP contribution < -0.4 is 10.9 Å². The van der Waals surface area contributed by atoms with Gasteiger partial charge in [-0.1, -0.05) is 11.6 Å². The number of carbonyl (C=O) groups excluding carboxylic acids is 3. The maximum Gasteiger partial charge on any atom is 0.269 e. The molecular weight excluding hydrogens is 336 g/mol. The zero-order chi connectivity index (χ0) is 16.8. The number of hydrogen-bond acceptors (Lipinski definition) is 4. The van der Waals surface area contributed by atoms with Crippen LogP contribution in [0.3, 0.4) is 0 Å². The smallest absolute Gasteiger partial charge is 0.269 e. The Morgan fingerprint density at radius 2 is 1.70 bits per heavy atom. The molecule has 0 aliphatic carbocycles. The fourth-order valence-electron chi connectivity index (χ4n) is 1.80. The van der Waals surface area contributed by atoms with Crippen molar-refractivity contribution in [1.82, 2.24) is 10.9 Å². The zero-order valence-corrected chi connectivity index (χ0v) is 14.0. The average Bonchev–Trinajstić information content (AvgIpc) is 2.97. The third kappa shape index (κ3) is 5.19. The number of Topliss-reactive ketones (excluding diaryl/α,β-unsaturated/α-hetero) is 1. The van der Waals surface area contributed by atoms with Crippen molar-refractivity contribution in [2.75, 3.05) is 0 Å². The van der Waals surface area contributed by atoms with Crippen molar-refractivity contribution in [3.63, 3.8) is 0 Å². The van der Waals surface area contributed by atoms with Crippen LogP contribution in [0, 0.1) is 6.92 Å². The summed E-state index contributed by atoms with van der Waals surface area (Å²) in [4.78, 5) is 37.0. The second-order valence-electron chi connectivity index (χ2n) is 4.84. The van der Waals surface area contributed by atoms with Crippen LogP contribution in [-0.4, -0.2) is 17.6 Å². The molecule has 0 unspecified atom stereocenters. The molecule has 7 heteroatoms. The van der Waals surface area contributed by atoms with Crippen molar-refractivity contribution in [2.45, 2.75) is 19.8 Å². The van der Waals surface area contributed by atoms with E-state index in [0.29, 0.717) is 15.5 Å². The maximum atomic E-state index is 11.9. The van der Waals surface area contributed by atoms with Crippen LogP contribution >= 0.6 is 22.9 Å². The molecule has 0 bridgehead atoms. The van der Waals surface area contributed by atoms with Gasteiger partial charge in [0.05, 0.1) is 4.88 Å². The molecule has 0 spiro atoms. The van der Waals surface area contributed by atoms with E-state index in [4.69, 9.17) is 11.6 Å². The Bertz CT molecular complexity index is 725. The van der Waals surface area contributed by atoms with Gasteiger partial charge < -0.3 is 0 Å². The minimum Gasteiger partial charge on any atom is -0.293 e. The summed E-state index contributed by atoms with van der Waals surface area (Å²) in [6, 6.07) is 9.88. The fourth-order valence-corrected chi connectivity index (χ4v) is 2.76. The SMILES string of the molecule is Cc1ccc(C(=O)CCC(=O)NNC(=O)c2ccc(Cl)cc2)s1. The van der Waals surface area contributed by atoms with Crippen LogP contribution in [0.1, 0.15) is 37.7 Å². The highest BCUT2D eigenvalue weighted by atomic mass is 35.5. The Morgan fingerprint density at radius 1 is 1.00 bits per heavy atom. The van der Waals surface area contributed by atoms with Gasteiger partial charge in [-0.05, 0) is 43.3 Å². The second kappa shape index (κ2) is 7.89. The van der Waals surface area contributed by atoms with Gasteiger partial charge in [-0.2, -0.15) is 0 Å². The second-order valence-corrected chi connectivity index (χ2v) is 6.57. The van der Waals surface area contributed by atoms with Gasteiger partial charge in [0, 0.05) is 28.3 Å². The lowest BCUT2D eigenvalue weighted by Crippen LogP contribution is -2.41. The summed E-state index contributed by atoms with van der Waals surface area (Å²) in [6.45, 7) is 1.92. The lowest BCUT2D eigenvalue weighted by Gasteiger charge is -2.07. The lowest BCUT2D eigenvalue weighted by molar-refractivity contribution is -0.121. The van der Waals surface area contributed by atoms with Crippen LogP contribution in [0.4, 0.5) is 0 Å². The first-order chi connectivity index (χ1) is 11.0. The number of halogens is 1.